The number of imidazole rings is 1. The zero-order valence-electron chi connectivity index (χ0n) is 7.08. The van der Waals surface area contributed by atoms with Gasteiger partial charge in [0.1, 0.15) is 0 Å². The highest BCUT2D eigenvalue weighted by Crippen LogP contribution is 2.21. The number of hydrazine groups is 1. The molecule has 13 heavy (non-hydrogen) atoms. The van der Waals surface area contributed by atoms with Crippen LogP contribution < -0.4 is 11.3 Å². The van der Waals surface area contributed by atoms with E-state index in [0.29, 0.717) is 5.95 Å². The predicted octanol–water partition coefficient (Wildman–Crippen LogP) is 1.62. The average molecular weight is 241 g/mol. The quantitative estimate of drug-likeness (QED) is 0.589. The Morgan fingerprint density at radius 2 is 2.31 bits per heavy atom. The number of nitrogen functional groups attached to an aromatic ring is 1. The summed E-state index contributed by atoms with van der Waals surface area (Å²) < 4.78 is 2.92. The van der Waals surface area contributed by atoms with Gasteiger partial charge in [-0.1, -0.05) is 15.9 Å². The van der Waals surface area contributed by atoms with Gasteiger partial charge in [0.15, 0.2) is 0 Å². The van der Waals surface area contributed by atoms with Crippen LogP contribution in [0.25, 0.3) is 11.0 Å². The number of hydrogen-bond acceptors (Lipinski definition) is 3. The lowest BCUT2D eigenvalue weighted by Gasteiger charge is -1.98. The fraction of sp³-hybridized carbons (Fsp3) is 0.125. The lowest BCUT2D eigenvalue weighted by molar-refractivity contribution is 0.942. The summed E-state index contributed by atoms with van der Waals surface area (Å²) in [6.45, 7) is 0. The first-order valence-corrected chi connectivity index (χ1v) is 4.60. The molecule has 0 aliphatic carbocycles. The third kappa shape index (κ3) is 1.30. The summed E-state index contributed by atoms with van der Waals surface area (Å²) in [6.07, 6.45) is 0. The van der Waals surface area contributed by atoms with Crippen molar-refractivity contribution in [2.45, 2.75) is 0 Å². The molecule has 0 fully saturated rings. The molecule has 68 valence electrons. The highest BCUT2D eigenvalue weighted by atomic mass is 79.9. The summed E-state index contributed by atoms with van der Waals surface area (Å²) >= 11 is 3.39. The van der Waals surface area contributed by atoms with E-state index < -0.39 is 0 Å². The molecular weight excluding hydrogens is 232 g/mol. The minimum absolute atomic E-state index is 0.660. The third-order valence-electron chi connectivity index (χ3n) is 1.97. The summed E-state index contributed by atoms with van der Waals surface area (Å²) in [5, 5.41) is 0. The number of hydrogen-bond donors (Lipinski definition) is 2. The second-order valence-electron chi connectivity index (χ2n) is 2.77. The summed E-state index contributed by atoms with van der Waals surface area (Å²) in [4.78, 5) is 4.29. The molecular formula is C8H9BrN4. The van der Waals surface area contributed by atoms with Gasteiger partial charge in [0.2, 0.25) is 5.95 Å². The molecule has 0 atom stereocenters. The summed E-state index contributed by atoms with van der Waals surface area (Å²) in [6, 6.07) is 5.92. The molecule has 0 saturated carbocycles. The van der Waals surface area contributed by atoms with Gasteiger partial charge < -0.3 is 4.57 Å². The monoisotopic (exact) mass is 240 g/mol. The molecule has 2 aromatic rings. The van der Waals surface area contributed by atoms with Crippen LogP contribution in [0.3, 0.4) is 0 Å². The molecule has 0 radical (unpaired) electrons. The van der Waals surface area contributed by atoms with Crippen LogP contribution in [-0.2, 0) is 7.05 Å². The van der Waals surface area contributed by atoms with Gasteiger partial charge >= 0.3 is 0 Å². The van der Waals surface area contributed by atoms with Crippen molar-refractivity contribution in [1.29, 1.82) is 0 Å². The maximum absolute atomic E-state index is 5.31. The number of anilines is 1. The van der Waals surface area contributed by atoms with Crippen molar-refractivity contribution in [3.8, 4) is 0 Å². The van der Waals surface area contributed by atoms with Crippen LogP contribution in [0.15, 0.2) is 22.7 Å². The fourth-order valence-corrected chi connectivity index (χ4v) is 1.65. The van der Waals surface area contributed by atoms with E-state index in [-0.39, 0.29) is 0 Å². The molecule has 0 aliphatic heterocycles. The molecule has 4 nitrogen and oxygen atoms in total. The molecule has 0 aliphatic rings. The van der Waals surface area contributed by atoms with E-state index in [1.165, 1.54) is 0 Å². The summed E-state index contributed by atoms with van der Waals surface area (Å²) in [5.74, 6) is 5.97. The molecule has 1 aromatic heterocycles. The normalized spacial score (nSPS) is 10.7. The van der Waals surface area contributed by atoms with E-state index in [0.717, 1.165) is 15.5 Å². The van der Waals surface area contributed by atoms with Gasteiger partial charge in [-0.05, 0) is 18.2 Å². The van der Waals surface area contributed by atoms with E-state index in [9.17, 15) is 0 Å². The first-order chi connectivity index (χ1) is 6.22. The molecule has 0 bridgehead atoms. The zero-order chi connectivity index (χ0) is 9.42. The van der Waals surface area contributed by atoms with Gasteiger partial charge in [0.05, 0.1) is 11.0 Å². The highest BCUT2D eigenvalue weighted by molar-refractivity contribution is 9.10. The van der Waals surface area contributed by atoms with Gasteiger partial charge in [0.25, 0.3) is 0 Å². The van der Waals surface area contributed by atoms with Crippen molar-refractivity contribution >= 4 is 32.9 Å². The molecule has 0 amide bonds. The van der Waals surface area contributed by atoms with Gasteiger partial charge in [-0.2, -0.15) is 0 Å². The van der Waals surface area contributed by atoms with Gasteiger partial charge in [-0.15, -0.1) is 0 Å². The topological polar surface area (TPSA) is 55.9 Å². The summed E-state index contributed by atoms with van der Waals surface area (Å²) in [7, 11) is 1.92. The average Bonchev–Trinajstić information content (AvgIpc) is 2.42. The minimum Gasteiger partial charge on any atom is -0.312 e. The minimum atomic E-state index is 0.660. The maximum Gasteiger partial charge on any atom is 0.218 e. The SMILES string of the molecule is Cn1c(NN)nc2cc(Br)ccc21. The Morgan fingerprint density at radius 3 is 3.00 bits per heavy atom. The van der Waals surface area contributed by atoms with E-state index >= 15 is 0 Å². The Hall–Kier alpha value is -1.07. The number of nitrogens with one attached hydrogen (secondary N) is 1. The van der Waals surface area contributed by atoms with Crippen molar-refractivity contribution in [3.05, 3.63) is 22.7 Å². The standard InChI is InChI=1S/C8H9BrN4/c1-13-7-3-2-5(9)4-6(7)11-8(13)12-10/h2-4H,10H2,1H3,(H,11,12). The van der Waals surface area contributed by atoms with Crippen molar-refractivity contribution in [3.63, 3.8) is 0 Å². The van der Waals surface area contributed by atoms with Crippen LogP contribution in [-0.4, -0.2) is 9.55 Å². The van der Waals surface area contributed by atoms with Gasteiger partial charge in [-0.25, -0.2) is 10.8 Å². The molecule has 0 unspecified atom stereocenters. The fourth-order valence-electron chi connectivity index (χ4n) is 1.30. The van der Waals surface area contributed by atoms with Crippen molar-refractivity contribution in [2.24, 2.45) is 12.9 Å². The van der Waals surface area contributed by atoms with E-state index in [1.54, 1.807) is 0 Å². The lowest BCUT2D eigenvalue weighted by atomic mass is 10.3. The van der Waals surface area contributed by atoms with Crippen LogP contribution in [0.5, 0.6) is 0 Å². The largest absolute Gasteiger partial charge is 0.312 e. The van der Waals surface area contributed by atoms with Gasteiger partial charge in [-0.3, -0.25) is 5.43 Å². The van der Waals surface area contributed by atoms with Crippen molar-refractivity contribution in [2.75, 3.05) is 5.43 Å². The van der Waals surface area contributed by atoms with E-state index in [2.05, 4.69) is 26.3 Å². The van der Waals surface area contributed by atoms with Crippen molar-refractivity contribution in [1.82, 2.24) is 9.55 Å². The van der Waals surface area contributed by atoms with Crippen molar-refractivity contribution < 1.29 is 0 Å². The highest BCUT2D eigenvalue weighted by Gasteiger charge is 2.05. The Kier molecular flexibility index (Phi) is 1.97. The van der Waals surface area contributed by atoms with Crippen LogP contribution in [0, 0.1) is 0 Å². The summed E-state index contributed by atoms with van der Waals surface area (Å²) in [5.41, 5.74) is 4.51. The second-order valence-corrected chi connectivity index (χ2v) is 3.69. The molecule has 0 saturated heterocycles. The van der Waals surface area contributed by atoms with Gasteiger partial charge in [0, 0.05) is 11.5 Å². The smallest absolute Gasteiger partial charge is 0.218 e. The number of nitrogens with two attached hydrogens (primary N) is 1. The number of fused-ring (bicyclic) bond motifs is 1. The number of halogens is 1. The molecule has 5 heteroatoms. The Morgan fingerprint density at radius 1 is 1.54 bits per heavy atom. The molecule has 3 N–H and O–H groups in total. The zero-order valence-corrected chi connectivity index (χ0v) is 8.67. The van der Waals surface area contributed by atoms with Crippen LogP contribution in [0.2, 0.25) is 0 Å². The van der Waals surface area contributed by atoms with Crippen LogP contribution in [0.4, 0.5) is 5.95 Å². The number of aromatic nitrogens is 2. The molecule has 1 aromatic carbocycles. The lowest BCUT2D eigenvalue weighted by Crippen LogP contribution is -2.11. The Balaban J connectivity index is 2.76. The maximum atomic E-state index is 5.31. The Bertz CT molecular complexity index is 449. The molecule has 2 rings (SSSR count). The third-order valence-corrected chi connectivity index (χ3v) is 2.47. The second kappa shape index (κ2) is 3.01. The molecule has 1 heterocycles. The number of rotatable bonds is 1. The van der Waals surface area contributed by atoms with Crippen LogP contribution in [0.1, 0.15) is 0 Å². The predicted molar refractivity (Wildman–Crippen MR) is 56.2 cm³/mol. The molecule has 0 spiro atoms. The first-order valence-electron chi connectivity index (χ1n) is 3.81. The number of aryl methyl sites for hydroxylation is 1. The number of nitrogens with zero attached hydrogens (tertiary/aromatic N) is 2. The first kappa shape index (κ1) is 8.52. The van der Waals surface area contributed by atoms with E-state index in [1.807, 2.05) is 29.8 Å². The Labute approximate surface area is 83.8 Å². The number of benzene rings is 1. The van der Waals surface area contributed by atoms with Crippen LogP contribution >= 0.6 is 15.9 Å². The van der Waals surface area contributed by atoms with E-state index in [4.69, 9.17) is 5.84 Å².